The van der Waals surface area contributed by atoms with Crippen LogP contribution in [-0.2, 0) is 40.1 Å². The van der Waals surface area contributed by atoms with E-state index in [-0.39, 0.29) is 18.4 Å². The normalized spacial score (nSPS) is 20.1. The Balaban J connectivity index is 1.77. The van der Waals surface area contributed by atoms with Crippen LogP contribution in [0, 0.1) is 0 Å². The Morgan fingerprint density at radius 3 is 2.63 bits per heavy atom. The smallest absolute Gasteiger partial charge is 0.285 e. The van der Waals surface area contributed by atoms with Crippen molar-refractivity contribution >= 4 is 16.0 Å². The highest BCUT2D eigenvalue weighted by Crippen LogP contribution is 2.21. The summed E-state index contributed by atoms with van der Waals surface area (Å²) in [6.45, 7) is 1.49. The van der Waals surface area contributed by atoms with E-state index in [2.05, 4.69) is 15.7 Å². The quantitative estimate of drug-likeness (QED) is 0.564. The van der Waals surface area contributed by atoms with Crippen LogP contribution in [0.15, 0.2) is 4.79 Å². The van der Waals surface area contributed by atoms with E-state index in [4.69, 9.17) is 4.55 Å². The maximum atomic E-state index is 12.5. The van der Waals surface area contributed by atoms with Crippen LogP contribution in [0.2, 0.25) is 0 Å². The largest absolute Gasteiger partial charge is 0.354 e. The summed E-state index contributed by atoms with van der Waals surface area (Å²) < 4.78 is 32.2. The third-order valence-electron chi connectivity index (χ3n) is 5.12. The molecule has 150 valence electrons. The van der Waals surface area contributed by atoms with E-state index in [1.165, 1.54) is 0 Å². The van der Waals surface area contributed by atoms with Gasteiger partial charge in [0, 0.05) is 18.2 Å². The summed E-state index contributed by atoms with van der Waals surface area (Å²) >= 11 is 0. The summed E-state index contributed by atoms with van der Waals surface area (Å²) in [5.74, 6) is -1.11. The van der Waals surface area contributed by atoms with Gasteiger partial charge in [0.1, 0.15) is 0 Å². The lowest BCUT2D eigenvalue weighted by Crippen LogP contribution is -2.44. The van der Waals surface area contributed by atoms with Crippen molar-refractivity contribution in [3.05, 3.63) is 27.2 Å². The number of piperidine rings is 1. The molecule has 1 aliphatic carbocycles. The lowest BCUT2D eigenvalue weighted by molar-refractivity contribution is -0.120. The Morgan fingerprint density at radius 1 is 1.22 bits per heavy atom. The fourth-order valence-electron chi connectivity index (χ4n) is 3.80. The minimum atomic E-state index is -4.40. The van der Waals surface area contributed by atoms with Crippen molar-refractivity contribution in [3.63, 3.8) is 0 Å². The van der Waals surface area contributed by atoms with Gasteiger partial charge in [-0.25, -0.2) is 4.68 Å². The Kier molecular flexibility index (Phi) is 6.28. The molecule has 1 amide bonds. The predicted octanol–water partition coefficient (Wildman–Crippen LogP) is -0.232. The molecule has 0 spiro atoms. The Labute approximate surface area is 158 Å². The predicted molar refractivity (Wildman–Crippen MR) is 99.0 cm³/mol. The van der Waals surface area contributed by atoms with Crippen LogP contribution in [0.5, 0.6) is 0 Å². The minimum absolute atomic E-state index is 0.0131. The summed E-state index contributed by atoms with van der Waals surface area (Å²) in [6, 6.07) is 0.262. The topological polar surface area (TPSA) is 130 Å². The summed E-state index contributed by atoms with van der Waals surface area (Å²) in [5.41, 5.74) is 1.18. The van der Waals surface area contributed by atoms with E-state index in [0.717, 1.165) is 48.9 Å². The number of carbonyl (C=O) groups excluding carboxylic acids is 1. The van der Waals surface area contributed by atoms with Gasteiger partial charge >= 0.3 is 0 Å². The van der Waals surface area contributed by atoms with Crippen LogP contribution in [0.3, 0.4) is 0 Å². The highest BCUT2D eigenvalue weighted by molar-refractivity contribution is 7.84. The number of fused-ring (bicyclic) bond motifs is 1. The van der Waals surface area contributed by atoms with Crippen molar-refractivity contribution in [2.24, 2.45) is 0 Å². The van der Waals surface area contributed by atoms with Crippen LogP contribution in [0.4, 0.5) is 0 Å². The third kappa shape index (κ3) is 5.36. The van der Waals surface area contributed by atoms with Crippen molar-refractivity contribution in [3.8, 4) is 0 Å². The average Bonchev–Trinajstić information content (AvgIpc) is 2.64. The molecule has 1 saturated heterocycles. The zero-order chi connectivity index (χ0) is 19.4. The minimum Gasteiger partial charge on any atom is -0.354 e. The molecule has 27 heavy (non-hydrogen) atoms. The molecule has 3 N–H and O–H groups in total. The van der Waals surface area contributed by atoms with Gasteiger partial charge in [0.05, 0.1) is 12.1 Å². The molecule has 1 atom stereocenters. The summed E-state index contributed by atoms with van der Waals surface area (Å²) in [6.07, 6.45) is 6.21. The highest BCUT2D eigenvalue weighted by Gasteiger charge is 2.23. The van der Waals surface area contributed by atoms with E-state index in [1.807, 2.05) is 0 Å². The van der Waals surface area contributed by atoms with Crippen LogP contribution >= 0.6 is 0 Å². The number of carbonyl (C=O) groups is 1. The van der Waals surface area contributed by atoms with Gasteiger partial charge < -0.3 is 10.6 Å². The maximum Gasteiger partial charge on any atom is 0.285 e. The monoisotopic (exact) mass is 398 g/mol. The molecule has 10 heteroatoms. The van der Waals surface area contributed by atoms with Gasteiger partial charge in [-0.1, -0.05) is 6.42 Å². The Hall–Kier alpha value is -1.78. The lowest BCUT2D eigenvalue weighted by atomic mass is 9.91. The molecular formula is C17H26N4O5S. The number of hydrogen-bond donors (Lipinski definition) is 3. The van der Waals surface area contributed by atoms with E-state index < -0.39 is 21.6 Å². The fourth-order valence-corrected chi connectivity index (χ4v) is 4.29. The van der Waals surface area contributed by atoms with Crippen LogP contribution in [0.25, 0.3) is 0 Å². The Bertz CT molecular complexity index is 859. The molecule has 1 unspecified atom stereocenters. The van der Waals surface area contributed by atoms with Crippen LogP contribution in [0.1, 0.15) is 48.9 Å². The first-order valence-corrected chi connectivity index (χ1v) is 11.0. The number of nitrogens with one attached hydrogen (secondary N) is 2. The molecule has 2 heterocycles. The summed E-state index contributed by atoms with van der Waals surface area (Å²) in [7, 11) is -4.40. The van der Waals surface area contributed by atoms with Crippen molar-refractivity contribution in [1.82, 2.24) is 20.4 Å². The first-order valence-electron chi connectivity index (χ1n) is 9.40. The second kappa shape index (κ2) is 8.49. The number of hydrogen-bond acceptors (Lipinski definition) is 6. The molecule has 0 aromatic carbocycles. The summed E-state index contributed by atoms with van der Waals surface area (Å²) in [5, 5.41) is 10.3. The zero-order valence-electron chi connectivity index (χ0n) is 15.2. The average molecular weight is 398 g/mol. The molecule has 1 aromatic rings. The maximum absolute atomic E-state index is 12.5. The first-order chi connectivity index (χ1) is 12.8. The van der Waals surface area contributed by atoms with Gasteiger partial charge in [0.2, 0.25) is 5.91 Å². The SMILES string of the molecule is O=C(Cc1nn(CS(=O)(=O)O)c(=O)c2c1CCCC2)NCC1CCCCN1. The molecule has 2 aliphatic rings. The number of aromatic nitrogens is 2. The van der Waals surface area contributed by atoms with E-state index in [0.29, 0.717) is 30.6 Å². The van der Waals surface area contributed by atoms with Crippen molar-refractivity contribution in [2.75, 3.05) is 13.1 Å². The van der Waals surface area contributed by atoms with E-state index in [9.17, 15) is 18.0 Å². The molecule has 0 bridgehead atoms. The van der Waals surface area contributed by atoms with Gasteiger partial charge in [-0.3, -0.25) is 14.1 Å². The Morgan fingerprint density at radius 2 is 1.96 bits per heavy atom. The van der Waals surface area contributed by atoms with Crippen molar-refractivity contribution in [1.29, 1.82) is 0 Å². The molecule has 1 fully saturated rings. The third-order valence-corrected chi connectivity index (χ3v) is 5.69. The number of nitrogens with zero attached hydrogens (tertiary/aromatic N) is 2. The second-order valence-corrected chi connectivity index (χ2v) is 8.68. The molecule has 0 saturated carbocycles. The standard InChI is InChI=1S/C17H26N4O5S/c22-16(19-10-12-5-3-4-8-18-12)9-15-13-6-1-2-7-14(13)17(23)21(20-15)11-27(24,25)26/h12,18H,1-11H2,(H,19,22)(H,24,25,26). The summed E-state index contributed by atoms with van der Waals surface area (Å²) in [4.78, 5) is 24.9. The molecule has 9 nitrogen and oxygen atoms in total. The number of amides is 1. The van der Waals surface area contributed by atoms with Gasteiger partial charge in [-0.2, -0.15) is 13.5 Å². The highest BCUT2D eigenvalue weighted by atomic mass is 32.2. The molecular weight excluding hydrogens is 372 g/mol. The lowest BCUT2D eigenvalue weighted by Gasteiger charge is -2.24. The fraction of sp³-hybridized carbons (Fsp3) is 0.706. The van der Waals surface area contributed by atoms with E-state index >= 15 is 0 Å². The van der Waals surface area contributed by atoms with Crippen LogP contribution < -0.4 is 16.2 Å². The molecule has 1 aliphatic heterocycles. The first kappa shape index (κ1) is 20.0. The van der Waals surface area contributed by atoms with Gasteiger partial charge in [-0.15, -0.1) is 0 Å². The van der Waals surface area contributed by atoms with Crippen molar-refractivity contribution in [2.45, 2.75) is 63.3 Å². The molecule has 1 aromatic heterocycles. The zero-order valence-corrected chi connectivity index (χ0v) is 16.1. The van der Waals surface area contributed by atoms with Gasteiger partial charge in [0.15, 0.2) is 5.88 Å². The van der Waals surface area contributed by atoms with E-state index in [1.54, 1.807) is 0 Å². The second-order valence-electron chi connectivity index (χ2n) is 7.25. The van der Waals surface area contributed by atoms with Crippen LogP contribution in [-0.4, -0.2) is 47.8 Å². The van der Waals surface area contributed by atoms with Gasteiger partial charge in [0.25, 0.3) is 15.7 Å². The van der Waals surface area contributed by atoms with Gasteiger partial charge in [-0.05, 0) is 50.6 Å². The van der Waals surface area contributed by atoms with Crippen molar-refractivity contribution < 1.29 is 17.8 Å². The number of rotatable bonds is 6. The molecule has 0 radical (unpaired) electrons. The molecule has 3 rings (SSSR count).